The second-order valence-electron chi connectivity index (χ2n) is 7.11. The number of nitrogens with zero attached hydrogens (tertiary/aromatic N) is 1. The van der Waals surface area contributed by atoms with Crippen LogP contribution in [0.2, 0.25) is 0 Å². The van der Waals surface area contributed by atoms with Crippen LogP contribution in [0.15, 0.2) is 53.0 Å². The van der Waals surface area contributed by atoms with Crippen molar-refractivity contribution in [3.05, 3.63) is 58.6 Å². The number of ether oxygens (including phenoxy) is 2. The fourth-order valence-corrected chi connectivity index (χ4v) is 3.00. The van der Waals surface area contributed by atoms with Crippen molar-refractivity contribution >= 4 is 27.7 Å². The first-order chi connectivity index (χ1) is 14.3. The quantitative estimate of drug-likeness (QED) is 0.558. The third-order valence-electron chi connectivity index (χ3n) is 4.86. The molecule has 0 saturated heterocycles. The van der Waals surface area contributed by atoms with Crippen molar-refractivity contribution in [3.8, 4) is 11.5 Å². The van der Waals surface area contributed by atoms with E-state index in [1.807, 2.05) is 38.1 Å². The van der Waals surface area contributed by atoms with Gasteiger partial charge in [0.15, 0.2) is 6.61 Å². The molecule has 0 unspecified atom stereocenters. The predicted molar refractivity (Wildman–Crippen MR) is 121 cm³/mol. The molecule has 0 radical (unpaired) electrons. The fourth-order valence-electron chi connectivity index (χ4n) is 2.73. The Morgan fingerprint density at radius 2 is 1.63 bits per heavy atom. The Kier molecular flexibility index (Phi) is 9.17. The molecular formula is C23H29BrN2O4. The minimum Gasteiger partial charge on any atom is -0.497 e. The molecule has 2 rings (SSSR count). The second kappa shape index (κ2) is 11.6. The van der Waals surface area contributed by atoms with E-state index in [-0.39, 0.29) is 24.5 Å². The lowest BCUT2D eigenvalue weighted by Crippen LogP contribution is -2.50. The first-order valence-corrected chi connectivity index (χ1v) is 10.7. The van der Waals surface area contributed by atoms with Crippen LogP contribution >= 0.6 is 15.9 Å². The maximum atomic E-state index is 13.0. The van der Waals surface area contributed by atoms with Gasteiger partial charge in [0, 0.05) is 17.1 Å². The SMILES string of the molecule is CC[C@@H](C)NC(=O)[C@H](C)N(Cc1ccc(Br)cc1)C(=O)COc1ccc(OC)cc1. The first kappa shape index (κ1) is 23.7. The number of carbonyl (C=O) groups is 2. The van der Waals surface area contributed by atoms with Crippen LogP contribution in [0.1, 0.15) is 32.8 Å². The molecule has 2 amide bonds. The number of hydrogen-bond acceptors (Lipinski definition) is 4. The molecular weight excluding hydrogens is 448 g/mol. The van der Waals surface area contributed by atoms with Gasteiger partial charge in [0.2, 0.25) is 5.91 Å². The first-order valence-electron chi connectivity index (χ1n) is 9.95. The molecule has 0 spiro atoms. The summed E-state index contributed by atoms with van der Waals surface area (Å²) in [5, 5.41) is 2.95. The van der Waals surface area contributed by atoms with Crippen molar-refractivity contribution in [1.29, 1.82) is 0 Å². The van der Waals surface area contributed by atoms with Gasteiger partial charge in [-0.3, -0.25) is 9.59 Å². The molecule has 0 bridgehead atoms. The van der Waals surface area contributed by atoms with Crippen molar-refractivity contribution in [1.82, 2.24) is 10.2 Å². The Hall–Kier alpha value is -2.54. The highest BCUT2D eigenvalue weighted by molar-refractivity contribution is 9.10. The van der Waals surface area contributed by atoms with Gasteiger partial charge in [-0.25, -0.2) is 0 Å². The molecule has 0 aliphatic heterocycles. The molecule has 0 heterocycles. The van der Waals surface area contributed by atoms with Crippen LogP contribution in [0, 0.1) is 0 Å². The monoisotopic (exact) mass is 476 g/mol. The van der Waals surface area contributed by atoms with Crippen LogP contribution in [0.4, 0.5) is 0 Å². The summed E-state index contributed by atoms with van der Waals surface area (Å²) in [7, 11) is 1.59. The molecule has 0 aliphatic rings. The summed E-state index contributed by atoms with van der Waals surface area (Å²) in [4.78, 5) is 27.2. The van der Waals surface area contributed by atoms with Gasteiger partial charge in [-0.2, -0.15) is 0 Å². The van der Waals surface area contributed by atoms with Crippen LogP contribution in [-0.4, -0.2) is 42.5 Å². The maximum absolute atomic E-state index is 13.0. The summed E-state index contributed by atoms with van der Waals surface area (Å²) < 4.78 is 11.7. The Morgan fingerprint density at radius 3 is 2.20 bits per heavy atom. The van der Waals surface area contributed by atoms with Gasteiger partial charge >= 0.3 is 0 Å². The van der Waals surface area contributed by atoms with Crippen molar-refractivity contribution in [3.63, 3.8) is 0 Å². The van der Waals surface area contributed by atoms with Gasteiger partial charge in [-0.1, -0.05) is 35.0 Å². The number of hydrogen-bond donors (Lipinski definition) is 1. The van der Waals surface area contributed by atoms with E-state index in [1.165, 1.54) is 0 Å². The third kappa shape index (κ3) is 7.06. The Bertz CT molecular complexity index is 824. The molecule has 0 aliphatic carbocycles. The molecule has 162 valence electrons. The van der Waals surface area contributed by atoms with E-state index in [4.69, 9.17) is 9.47 Å². The molecule has 0 saturated carbocycles. The number of rotatable bonds is 10. The normalized spacial score (nSPS) is 12.6. The number of halogens is 1. The van der Waals surface area contributed by atoms with E-state index in [0.717, 1.165) is 16.5 Å². The Labute approximate surface area is 186 Å². The summed E-state index contributed by atoms with van der Waals surface area (Å²) in [5.74, 6) is 0.824. The smallest absolute Gasteiger partial charge is 0.261 e. The van der Waals surface area contributed by atoms with Gasteiger partial charge in [0.25, 0.3) is 5.91 Å². The van der Waals surface area contributed by atoms with Crippen molar-refractivity contribution in [2.24, 2.45) is 0 Å². The van der Waals surface area contributed by atoms with Gasteiger partial charge in [-0.15, -0.1) is 0 Å². The van der Waals surface area contributed by atoms with E-state index < -0.39 is 6.04 Å². The van der Waals surface area contributed by atoms with Gasteiger partial charge < -0.3 is 19.7 Å². The molecule has 2 aromatic rings. The van der Waals surface area contributed by atoms with Crippen LogP contribution in [0.3, 0.4) is 0 Å². The lowest BCUT2D eigenvalue weighted by Gasteiger charge is -2.29. The number of benzene rings is 2. The highest BCUT2D eigenvalue weighted by Gasteiger charge is 2.27. The van der Waals surface area contributed by atoms with E-state index in [9.17, 15) is 9.59 Å². The molecule has 30 heavy (non-hydrogen) atoms. The summed E-state index contributed by atoms with van der Waals surface area (Å²) in [6, 6.07) is 14.1. The van der Waals surface area contributed by atoms with Gasteiger partial charge in [0.1, 0.15) is 17.5 Å². The Morgan fingerprint density at radius 1 is 1.03 bits per heavy atom. The fraction of sp³-hybridized carbons (Fsp3) is 0.391. The van der Waals surface area contributed by atoms with Crippen LogP contribution in [0.25, 0.3) is 0 Å². The van der Waals surface area contributed by atoms with Gasteiger partial charge in [-0.05, 0) is 62.2 Å². The van der Waals surface area contributed by atoms with Crippen molar-refractivity contribution in [2.75, 3.05) is 13.7 Å². The number of nitrogens with one attached hydrogen (secondary N) is 1. The molecule has 0 fully saturated rings. The zero-order valence-corrected chi connectivity index (χ0v) is 19.4. The summed E-state index contributed by atoms with van der Waals surface area (Å²) in [6.45, 7) is 5.83. The lowest BCUT2D eigenvalue weighted by molar-refractivity contribution is -0.142. The molecule has 2 atom stereocenters. The predicted octanol–water partition coefficient (Wildman–Crippen LogP) is 4.17. The van der Waals surface area contributed by atoms with E-state index in [2.05, 4.69) is 21.2 Å². The van der Waals surface area contributed by atoms with E-state index >= 15 is 0 Å². The third-order valence-corrected chi connectivity index (χ3v) is 5.38. The summed E-state index contributed by atoms with van der Waals surface area (Å²) >= 11 is 3.42. The van der Waals surface area contributed by atoms with Crippen molar-refractivity contribution < 1.29 is 19.1 Å². The summed E-state index contributed by atoms with van der Waals surface area (Å²) in [5.41, 5.74) is 0.930. The highest BCUT2D eigenvalue weighted by atomic mass is 79.9. The van der Waals surface area contributed by atoms with Gasteiger partial charge in [0.05, 0.1) is 7.11 Å². The zero-order chi connectivity index (χ0) is 22.1. The van der Waals surface area contributed by atoms with Crippen LogP contribution in [0.5, 0.6) is 11.5 Å². The molecule has 2 aromatic carbocycles. The standard InChI is InChI=1S/C23H29BrN2O4/c1-5-16(2)25-23(28)17(3)26(14-18-6-8-19(24)9-7-18)22(27)15-30-21-12-10-20(29-4)11-13-21/h6-13,16-17H,5,14-15H2,1-4H3,(H,25,28)/t16-,17+/m1/s1. The van der Waals surface area contributed by atoms with E-state index in [1.54, 1.807) is 43.2 Å². The molecule has 7 heteroatoms. The number of carbonyl (C=O) groups excluding carboxylic acids is 2. The zero-order valence-electron chi connectivity index (χ0n) is 17.9. The minimum atomic E-state index is -0.630. The van der Waals surface area contributed by atoms with Crippen molar-refractivity contribution in [2.45, 2.75) is 45.8 Å². The maximum Gasteiger partial charge on any atom is 0.261 e. The Balaban J connectivity index is 2.12. The average Bonchev–Trinajstić information content (AvgIpc) is 2.76. The lowest BCUT2D eigenvalue weighted by atomic mass is 10.1. The minimum absolute atomic E-state index is 0.0418. The number of methoxy groups -OCH3 is 1. The average molecular weight is 477 g/mol. The van der Waals surface area contributed by atoms with Crippen LogP contribution < -0.4 is 14.8 Å². The molecule has 0 aromatic heterocycles. The van der Waals surface area contributed by atoms with Crippen LogP contribution in [-0.2, 0) is 16.1 Å². The highest BCUT2D eigenvalue weighted by Crippen LogP contribution is 2.18. The van der Waals surface area contributed by atoms with E-state index in [0.29, 0.717) is 18.0 Å². The molecule has 6 nitrogen and oxygen atoms in total. The largest absolute Gasteiger partial charge is 0.497 e. The molecule has 1 N–H and O–H groups in total. The summed E-state index contributed by atoms with van der Waals surface area (Å²) in [6.07, 6.45) is 0.819. The topological polar surface area (TPSA) is 67.9 Å². The number of amides is 2. The second-order valence-corrected chi connectivity index (χ2v) is 8.02.